The van der Waals surface area contributed by atoms with Gasteiger partial charge in [0.2, 0.25) is 21.8 Å². The average molecular weight is 651 g/mol. The molecule has 0 amide bonds. The third-order valence-electron chi connectivity index (χ3n) is 7.64. The van der Waals surface area contributed by atoms with Gasteiger partial charge >= 0.3 is 0 Å². The normalized spacial score (nSPS) is 17.8. The fourth-order valence-electron chi connectivity index (χ4n) is 4.72. The van der Waals surface area contributed by atoms with Crippen LogP contribution in [0.1, 0.15) is 31.7 Å². The summed E-state index contributed by atoms with van der Waals surface area (Å²) in [5.74, 6) is 1.99. The molecule has 2 heterocycles. The first-order valence-electron chi connectivity index (χ1n) is 14.6. The lowest BCUT2D eigenvalue weighted by Crippen LogP contribution is -2.35. The van der Waals surface area contributed by atoms with E-state index in [1.807, 2.05) is 37.3 Å². The largest absolute Gasteiger partial charge is 0.419 e. The lowest BCUT2D eigenvalue weighted by molar-refractivity contribution is 0.0264. The second-order valence-corrected chi connectivity index (χ2v) is 13.9. The molecule has 0 bridgehead atoms. The minimum Gasteiger partial charge on any atom is -0.419 e. The molecule has 14 heteroatoms. The molecule has 12 nitrogen and oxygen atoms in total. The Morgan fingerprint density at radius 3 is 2.41 bits per heavy atom. The number of hydrogen-bond donors (Lipinski definition) is 1. The smallest absolute Gasteiger partial charge is 0.249 e. The topological polar surface area (TPSA) is 146 Å². The highest BCUT2D eigenvalue weighted by atomic mass is 35.5. The lowest BCUT2D eigenvalue weighted by Gasteiger charge is -2.27. The van der Waals surface area contributed by atoms with Crippen LogP contribution in [-0.2, 0) is 36.2 Å². The van der Waals surface area contributed by atoms with Gasteiger partial charge in [-0.2, -0.15) is 0 Å². The van der Waals surface area contributed by atoms with Crippen molar-refractivity contribution in [1.82, 2.24) is 15.2 Å². The molecule has 1 aliphatic carbocycles. The molecule has 242 valence electrons. The first kappa shape index (κ1) is 34.1. The molecule has 0 spiro atoms. The van der Waals surface area contributed by atoms with Crippen molar-refractivity contribution in [2.75, 3.05) is 75.7 Å². The van der Waals surface area contributed by atoms with Gasteiger partial charge in [-0.3, -0.25) is 4.31 Å². The standard InChI is InChI=1S/C30H43ClN6O6S/c1-21-17-23(21)20-37(11-12-41-15-16-42-14-13-40-4)25-18-24(26(31)27(33-25)36(3)44(5,38)39)28-34-35-29(43-28)30(2,32)19-22-9-7-6-8-10-22/h6-10,18,21,23H,11-17,19-20,32H2,1-5H3/t21?,23?,30-/m0/s1. The van der Waals surface area contributed by atoms with Gasteiger partial charge in [0, 0.05) is 27.2 Å². The predicted molar refractivity (Wildman–Crippen MR) is 170 cm³/mol. The quantitative estimate of drug-likeness (QED) is 0.201. The monoisotopic (exact) mass is 650 g/mol. The van der Waals surface area contributed by atoms with Crippen molar-refractivity contribution in [3.05, 3.63) is 52.9 Å². The molecule has 1 aliphatic rings. The van der Waals surface area contributed by atoms with E-state index in [1.165, 1.54) is 7.05 Å². The Bertz CT molecular complexity index is 1470. The van der Waals surface area contributed by atoms with Crippen molar-refractivity contribution in [2.24, 2.45) is 17.6 Å². The summed E-state index contributed by atoms with van der Waals surface area (Å²) >= 11 is 6.82. The second-order valence-electron chi connectivity index (χ2n) is 11.5. The summed E-state index contributed by atoms with van der Waals surface area (Å²) < 4.78 is 48.7. The van der Waals surface area contributed by atoms with Crippen LogP contribution < -0.4 is 14.9 Å². The summed E-state index contributed by atoms with van der Waals surface area (Å²) in [6.45, 7) is 7.61. The Kier molecular flexibility index (Phi) is 11.6. The Morgan fingerprint density at radius 1 is 1.11 bits per heavy atom. The molecule has 0 radical (unpaired) electrons. The maximum Gasteiger partial charge on any atom is 0.249 e. The van der Waals surface area contributed by atoms with E-state index in [9.17, 15) is 8.42 Å². The van der Waals surface area contributed by atoms with E-state index >= 15 is 0 Å². The summed E-state index contributed by atoms with van der Waals surface area (Å²) in [7, 11) is -0.654. The van der Waals surface area contributed by atoms with E-state index in [0.29, 0.717) is 69.2 Å². The maximum atomic E-state index is 12.6. The zero-order chi connectivity index (χ0) is 31.9. The van der Waals surface area contributed by atoms with Crippen molar-refractivity contribution in [3.63, 3.8) is 0 Å². The average Bonchev–Trinajstić information content (AvgIpc) is 3.44. The molecule has 1 fully saturated rings. The van der Waals surface area contributed by atoms with Crippen LogP contribution >= 0.6 is 11.6 Å². The van der Waals surface area contributed by atoms with Gasteiger partial charge in [0.25, 0.3) is 0 Å². The second kappa shape index (κ2) is 15.0. The van der Waals surface area contributed by atoms with E-state index in [2.05, 4.69) is 22.0 Å². The lowest BCUT2D eigenvalue weighted by atomic mass is 9.94. The van der Waals surface area contributed by atoms with Gasteiger partial charge in [0.05, 0.1) is 55.4 Å². The molecule has 3 atom stereocenters. The summed E-state index contributed by atoms with van der Waals surface area (Å²) in [5, 5.41) is 8.61. The number of anilines is 2. The molecule has 1 saturated carbocycles. The van der Waals surface area contributed by atoms with Crippen LogP contribution in [0, 0.1) is 11.8 Å². The molecular weight excluding hydrogens is 608 g/mol. The van der Waals surface area contributed by atoms with E-state index in [1.54, 1.807) is 13.2 Å². The molecule has 2 N–H and O–H groups in total. The maximum absolute atomic E-state index is 12.6. The Balaban J connectivity index is 1.63. The minimum atomic E-state index is -3.69. The highest BCUT2D eigenvalue weighted by Gasteiger charge is 2.35. The number of pyridine rings is 1. The predicted octanol–water partition coefficient (Wildman–Crippen LogP) is 3.74. The van der Waals surface area contributed by atoms with Crippen molar-refractivity contribution >= 4 is 33.3 Å². The number of halogens is 1. The number of methoxy groups -OCH3 is 1. The molecule has 0 aliphatic heterocycles. The molecule has 4 rings (SSSR count). The van der Waals surface area contributed by atoms with Crippen LogP contribution in [0.4, 0.5) is 11.6 Å². The highest BCUT2D eigenvalue weighted by molar-refractivity contribution is 7.92. The fraction of sp³-hybridized carbons (Fsp3) is 0.567. The zero-order valence-corrected chi connectivity index (χ0v) is 27.6. The number of aromatic nitrogens is 3. The zero-order valence-electron chi connectivity index (χ0n) is 26.0. The number of rotatable bonds is 18. The fourth-order valence-corrected chi connectivity index (χ4v) is 5.52. The Labute approximate surface area is 264 Å². The molecule has 2 unspecified atom stereocenters. The molecule has 2 aromatic heterocycles. The van der Waals surface area contributed by atoms with Gasteiger partial charge in [-0.15, -0.1) is 10.2 Å². The number of sulfonamides is 1. The van der Waals surface area contributed by atoms with Gasteiger partial charge in [0.15, 0.2) is 5.82 Å². The number of hydrogen-bond acceptors (Lipinski definition) is 11. The van der Waals surface area contributed by atoms with Crippen molar-refractivity contribution < 1.29 is 27.0 Å². The molecular formula is C30H43ClN6O6S. The molecule has 0 saturated heterocycles. The number of ether oxygens (including phenoxy) is 3. The Morgan fingerprint density at radius 2 is 1.77 bits per heavy atom. The van der Waals surface area contributed by atoms with Crippen LogP contribution in [-0.4, -0.2) is 90.1 Å². The molecule has 1 aromatic carbocycles. The van der Waals surface area contributed by atoms with E-state index in [0.717, 1.165) is 29.1 Å². The van der Waals surface area contributed by atoms with E-state index < -0.39 is 15.6 Å². The summed E-state index contributed by atoms with van der Waals surface area (Å²) in [6, 6.07) is 11.5. The van der Waals surface area contributed by atoms with E-state index in [-0.39, 0.29) is 22.6 Å². The molecule has 44 heavy (non-hydrogen) atoms. The van der Waals surface area contributed by atoms with Crippen molar-refractivity contribution in [3.8, 4) is 11.5 Å². The number of benzene rings is 1. The SMILES string of the molecule is COCCOCCOCCN(CC1CC1C)c1cc(-c2nnc([C@@](C)(N)Cc3ccccc3)o2)c(Cl)c(N(C)S(C)(=O)=O)n1. The van der Waals surface area contributed by atoms with Crippen LogP contribution in [0.3, 0.4) is 0 Å². The first-order valence-corrected chi connectivity index (χ1v) is 16.8. The van der Waals surface area contributed by atoms with Crippen LogP contribution in [0.5, 0.6) is 0 Å². The molecule has 3 aromatic rings. The van der Waals surface area contributed by atoms with Gasteiger partial charge in [-0.25, -0.2) is 13.4 Å². The van der Waals surface area contributed by atoms with Crippen LogP contribution in [0.2, 0.25) is 5.02 Å². The number of nitrogens with zero attached hydrogens (tertiary/aromatic N) is 5. The first-order chi connectivity index (χ1) is 20.9. The van der Waals surface area contributed by atoms with Crippen molar-refractivity contribution in [1.29, 1.82) is 0 Å². The number of nitrogens with two attached hydrogens (primary N) is 1. The van der Waals surface area contributed by atoms with Gasteiger partial charge in [-0.1, -0.05) is 48.9 Å². The van der Waals surface area contributed by atoms with Gasteiger partial charge < -0.3 is 29.3 Å². The summed E-state index contributed by atoms with van der Waals surface area (Å²) in [5.41, 5.74) is 7.06. The third-order valence-corrected chi connectivity index (χ3v) is 9.19. The van der Waals surface area contributed by atoms with Gasteiger partial charge in [0.1, 0.15) is 5.82 Å². The summed E-state index contributed by atoms with van der Waals surface area (Å²) in [4.78, 5) is 6.81. The minimum absolute atomic E-state index is 0.0579. The van der Waals surface area contributed by atoms with Gasteiger partial charge in [-0.05, 0) is 43.2 Å². The summed E-state index contributed by atoms with van der Waals surface area (Å²) in [6.07, 6.45) is 2.67. The van der Waals surface area contributed by atoms with Crippen LogP contribution in [0.25, 0.3) is 11.5 Å². The van der Waals surface area contributed by atoms with Crippen molar-refractivity contribution in [2.45, 2.75) is 32.2 Å². The Hall–Kier alpha value is -2.81. The van der Waals surface area contributed by atoms with Crippen LogP contribution in [0.15, 0.2) is 40.8 Å². The van der Waals surface area contributed by atoms with E-state index in [4.69, 9.17) is 40.9 Å². The third kappa shape index (κ3) is 9.11. The highest BCUT2D eigenvalue weighted by Crippen LogP contribution is 2.41.